The molecule has 150 valence electrons. The summed E-state index contributed by atoms with van der Waals surface area (Å²) in [6.07, 6.45) is 0. The van der Waals surface area contributed by atoms with Gasteiger partial charge < -0.3 is 18.9 Å². The second-order valence-corrected chi connectivity index (χ2v) is 6.01. The van der Waals surface area contributed by atoms with Crippen LogP contribution in [0.25, 0.3) is 11.4 Å². The van der Waals surface area contributed by atoms with Crippen LogP contribution in [0.4, 0.5) is 5.69 Å². The van der Waals surface area contributed by atoms with E-state index in [0.717, 1.165) is 5.56 Å². The predicted molar refractivity (Wildman–Crippen MR) is 101 cm³/mol. The minimum Gasteiger partial charge on any atom is -0.490 e. The van der Waals surface area contributed by atoms with E-state index in [4.69, 9.17) is 14.0 Å². The van der Waals surface area contributed by atoms with Gasteiger partial charge >= 0.3 is 5.69 Å². The second-order valence-electron chi connectivity index (χ2n) is 6.01. The molecule has 3 aromatic rings. The monoisotopic (exact) mass is 398 g/mol. The van der Waals surface area contributed by atoms with Crippen LogP contribution in [0.3, 0.4) is 0 Å². The molecule has 1 aromatic heterocycles. The lowest BCUT2D eigenvalue weighted by Gasteiger charge is -2.15. The Kier molecular flexibility index (Phi) is 6.03. The number of benzene rings is 2. The van der Waals surface area contributed by atoms with E-state index in [-0.39, 0.29) is 42.1 Å². The maximum atomic E-state index is 12.3. The first-order valence-electron chi connectivity index (χ1n) is 8.55. The van der Waals surface area contributed by atoms with Crippen molar-refractivity contribution in [3.8, 4) is 22.9 Å². The zero-order valence-corrected chi connectivity index (χ0v) is 15.8. The lowest BCUT2D eigenvalue weighted by Crippen LogP contribution is -2.31. The molecule has 0 aliphatic carbocycles. The highest BCUT2D eigenvalue weighted by atomic mass is 16.6. The van der Waals surface area contributed by atoms with Crippen molar-refractivity contribution in [3.05, 3.63) is 64.5 Å². The first-order chi connectivity index (χ1) is 14.0. The number of methoxy groups -OCH3 is 1. The summed E-state index contributed by atoms with van der Waals surface area (Å²) < 4.78 is 15.6. The SMILES string of the molecule is COc1cc(OCC(=O)N(C)Cc2nc(-c3ccccc3)no2)ccc1[N+](=O)[O-]. The molecule has 0 aliphatic rings. The molecular formula is C19H18N4O6. The van der Waals surface area contributed by atoms with Crippen LogP contribution >= 0.6 is 0 Å². The summed E-state index contributed by atoms with van der Waals surface area (Å²) in [5.74, 6) is 0.722. The van der Waals surface area contributed by atoms with E-state index in [1.807, 2.05) is 30.3 Å². The minimum atomic E-state index is -0.560. The molecule has 10 nitrogen and oxygen atoms in total. The molecule has 0 aliphatic heterocycles. The van der Waals surface area contributed by atoms with E-state index >= 15 is 0 Å². The molecule has 0 spiro atoms. The van der Waals surface area contributed by atoms with E-state index < -0.39 is 4.92 Å². The Morgan fingerprint density at radius 2 is 2.00 bits per heavy atom. The molecule has 10 heteroatoms. The second kappa shape index (κ2) is 8.83. The van der Waals surface area contributed by atoms with Gasteiger partial charge in [-0.1, -0.05) is 35.5 Å². The van der Waals surface area contributed by atoms with Crippen LogP contribution in [0.15, 0.2) is 53.1 Å². The molecule has 1 amide bonds. The smallest absolute Gasteiger partial charge is 0.311 e. The van der Waals surface area contributed by atoms with Crippen molar-refractivity contribution < 1.29 is 23.7 Å². The summed E-state index contributed by atoms with van der Waals surface area (Å²) in [5, 5.41) is 14.8. The Bertz CT molecular complexity index is 1000. The van der Waals surface area contributed by atoms with E-state index in [1.165, 1.54) is 30.2 Å². The number of carbonyl (C=O) groups is 1. The largest absolute Gasteiger partial charge is 0.490 e. The number of hydrogen-bond donors (Lipinski definition) is 0. The number of hydrogen-bond acceptors (Lipinski definition) is 8. The number of carbonyl (C=O) groups excluding carboxylic acids is 1. The third-order valence-corrected chi connectivity index (χ3v) is 4.01. The fourth-order valence-corrected chi connectivity index (χ4v) is 2.47. The van der Waals surface area contributed by atoms with Crippen molar-refractivity contribution in [2.45, 2.75) is 6.54 Å². The molecule has 0 radical (unpaired) electrons. The number of nitro groups is 1. The summed E-state index contributed by atoms with van der Waals surface area (Å²) in [7, 11) is 2.90. The fourth-order valence-electron chi connectivity index (χ4n) is 2.47. The number of aromatic nitrogens is 2. The summed E-state index contributed by atoms with van der Waals surface area (Å²) >= 11 is 0. The van der Waals surface area contributed by atoms with Gasteiger partial charge in [-0.05, 0) is 6.07 Å². The van der Waals surface area contributed by atoms with Crippen molar-refractivity contribution in [2.24, 2.45) is 0 Å². The van der Waals surface area contributed by atoms with Gasteiger partial charge in [0.2, 0.25) is 17.5 Å². The van der Waals surface area contributed by atoms with Gasteiger partial charge in [-0.15, -0.1) is 0 Å². The van der Waals surface area contributed by atoms with Gasteiger partial charge in [0.25, 0.3) is 5.91 Å². The molecule has 0 atom stereocenters. The van der Waals surface area contributed by atoms with Crippen molar-refractivity contribution in [1.82, 2.24) is 15.0 Å². The lowest BCUT2D eigenvalue weighted by atomic mass is 10.2. The van der Waals surface area contributed by atoms with Crippen LogP contribution in [0, 0.1) is 10.1 Å². The Labute approximate surface area is 165 Å². The maximum absolute atomic E-state index is 12.3. The molecule has 0 saturated heterocycles. The molecule has 0 saturated carbocycles. The van der Waals surface area contributed by atoms with Gasteiger partial charge in [0.15, 0.2) is 6.61 Å². The van der Waals surface area contributed by atoms with Gasteiger partial charge in [0.1, 0.15) is 5.75 Å². The Morgan fingerprint density at radius 3 is 2.69 bits per heavy atom. The van der Waals surface area contributed by atoms with Gasteiger partial charge in [-0.25, -0.2) is 0 Å². The molecule has 0 unspecified atom stereocenters. The average Bonchev–Trinajstić information content (AvgIpc) is 3.20. The maximum Gasteiger partial charge on any atom is 0.311 e. The summed E-state index contributed by atoms with van der Waals surface area (Å²) in [6.45, 7) is -0.150. The number of amides is 1. The van der Waals surface area contributed by atoms with Crippen LogP contribution in [0.2, 0.25) is 0 Å². The third kappa shape index (κ3) is 4.86. The molecule has 0 bridgehead atoms. The predicted octanol–water partition coefficient (Wildman–Crippen LogP) is 2.69. The molecule has 1 heterocycles. The number of rotatable bonds is 8. The molecule has 0 N–H and O–H groups in total. The van der Waals surface area contributed by atoms with Crippen LogP contribution in [0.5, 0.6) is 11.5 Å². The molecule has 2 aromatic carbocycles. The molecule has 29 heavy (non-hydrogen) atoms. The van der Waals surface area contributed by atoms with E-state index in [1.54, 1.807) is 7.05 Å². The topological polar surface area (TPSA) is 121 Å². The summed E-state index contributed by atoms with van der Waals surface area (Å²) in [5.41, 5.74) is 0.626. The molecule has 0 fully saturated rings. The zero-order valence-electron chi connectivity index (χ0n) is 15.8. The van der Waals surface area contributed by atoms with Crippen molar-refractivity contribution >= 4 is 11.6 Å². The van der Waals surface area contributed by atoms with Crippen LogP contribution < -0.4 is 9.47 Å². The van der Waals surface area contributed by atoms with E-state index in [9.17, 15) is 14.9 Å². The van der Waals surface area contributed by atoms with Crippen LogP contribution in [0.1, 0.15) is 5.89 Å². The Balaban J connectivity index is 1.57. The summed E-state index contributed by atoms with van der Waals surface area (Å²) in [6, 6.07) is 13.3. The lowest BCUT2D eigenvalue weighted by molar-refractivity contribution is -0.385. The zero-order chi connectivity index (χ0) is 20.8. The highest BCUT2D eigenvalue weighted by Crippen LogP contribution is 2.30. The highest BCUT2D eigenvalue weighted by Gasteiger charge is 2.18. The van der Waals surface area contributed by atoms with Gasteiger partial charge in [-0.3, -0.25) is 14.9 Å². The Hall–Kier alpha value is -3.95. The average molecular weight is 398 g/mol. The van der Waals surface area contributed by atoms with E-state index in [2.05, 4.69) is 10.1 Å². The van der Waals surface area contributed by atoms with Gasteiger partial charge in [0.05, 0.1) is 18.6 Å². The molecular weight excluding hydrogens is 380 g/mol. The highest BCUT2D eigenvalue weighted by molar-refractivity contribution is 5.77. The normalized spacial score (nSPS) is 10.4. The standard InChI is InChI=1S/C19H18N4O6/c1-22(11-17-20-19(21-29-17)13-6-4-3-5-7-13)18(24)12-28-14-8-9-15(23(25)26)16(10-14)27-2/h3-10H,11-12H2,1-2H3. The van der Waals surface area contributed by atoms with Crippen LogP contribution in [-0.2, 0) is 11.3 Å². The minimum absolute atomic E-state index is 0.0487. The molecule has 3 rings (SSSR count). The van der Waals surface area contributed by atoms with Crippen molar-refractivity contribution in [3.63, 3.8) is 0 Å². The number of nitro benzene ring substituents is 1. The van der Waals surface area contributed by atoms with Gasteiger partial charge in [-0.2, -0.15) is 4.98 Å². The third-order valence-electron chi connectivity index (χ3n) is 4.01. The fraction of sp³-hybridized carbons (Fsp3) is 0.211. The van der Waals surface area contributed by atoms with E-state index in [0.29, 0.717) is 5.82 Å². The van der Waals surface area contributed by atoms with Crippen LogP contribution in [-0.4, -0.2) is 46.6 Å². The quantitative estimate of drug-likeness (QED) is 0.419. The first-order valence-corrected chi connectivity index (χ1v) is 8.55. The number of nitrogens with zero attached hydrogens (tertiary/aromatic N) is 4. The Morgan fingerprint density at radius 1 is 1.24 bits per heavy atom. The van der Waals surface area contributed by atoms with Crippen molar-refractivity contribution in [1.29, 1.82) is 0 Å². The number of likely N-dealkylation sites (N-methyl/N-ethyl adjacent to an activating group) is 1. The summed E-state index contributed by atoms with van der Waals surface area (Å²) in [4.78, 5) is 28.3. The first kappa shape index (κ1) is 19.8. The van der Waals surface area contributed by atoms with Crippen molar-refractivity contribution in [2.75, 3.05) is 20.8 Å². The van der Waals surface area contributed by atoms with Gasteiger partial charge in [0, 0.05) is 24.7 Å². The number of ether oxygens (including phenoxy) is 2.